The van der Waals surface area contributed by atoms with Gasteiger partial charge in [0.05, 0.1) is 6.54 Å². The Balaban J connectivity index is 2.06. The fourth-order valence-corrected chi connectivity index (χ4v) is 1.89. The van der Waals surface area contributed by atoms with Gasteiger partial charge in [0.2, 0.25) is 0 Å². The molecule has 0 saturated carbocycles. The van der Waals surface area contributed by atoms with Crippen LogP contribution in [-0.2, 0) is 11.3 Å². The number of aliphatic carboxylic acids is 1. The third kappa shape index (κ3) is 3.49. The number of halogens is 1. The van der Waals surface area contributed by atoms with Crippen LogP contribution in [0, 0.1) is 0 Å². The summed E-state index contributed by atoms with van der Waals surface area (Å²) in [5.41, 5.74) is 0.00170. The van der Waals surface area contributed by atoms with Gasteiger partial charge in [-0.2, -0.15) is 0 Å². The van der Waals surface area contributed by atoms with Gasteiger partial charge in [-0.15, -0.1) is 0 Å². The van der Waals surface area contributed by atoms with Crippen molar-refractivity contribution in [3.8, 4) is 11.3 Å². The molecule has 2 aromatic rings. The molecule has 1 aromatic heterocycles. The van der Waals surface area contributed by atoms with E-state index in [1.54, 1.807) is 13.8 Å². The summed E-state index contributed by atoms with van der Waals surface area (Å²) in [5.74, 6) is 0.580. The highest BCUT2D eigenvalue weighted by atomic mass is 79.9. The molecule has 1 aromatic carbocycles. The average molecular weight is 338 g/mol. The van der Waals surface area contributed by atoms with Crippen LogP contribution in [0.2, 0.25) is 0 Å². The van der Waals surface area contributed by atoms with Gasteiger partial charge in [0.15, 0.2) is 0 Å². The van der Waals surface area contributed by atoms with Crippen molar-refractivity contribution < 1.29 is 14.3 Å². The first kappa shape index (κ1) is 14.8. The first-order valence-electron chi connectivity index (χ1n) is 6.21. The molecule has 0 bridgehead atoms. The Bertz CT molecular complexity index is 602. The molecule has 20 heavy (non-hydrogen) atoms. The van der Waals surface area contributed by atoms with Gasteiger partial charge >= 0.3 is 5.97 Å². The van der Waals surface area contributed by atoms with Gasteiger partial charge in [-0.25, -0.2) is 0 Å². The summed E-state index contributed by atoms with van der Waals surface area (Å²) in [6.45, 7) is 3.61. The second kappa shape index (κ2) is 5.81. The van der Waals surface area contributed by atoms with Crippen LogP contribution in [0.5, 0.6) is 0 Å². The van der Waals surface area contributed by atoms with Gasteiger partial charge in [-0.05, 0) is 38.1 Å². The molecular weight excluding hydrogens is 322 g/mol. The number of carboxylic acid groups (broad SMARTS) is 1. The Morgan fingerprint density at radius 3 is 2.50 bits per heavy atom. The lowest BCUT2D eigenvalue weighted by Crippen LogP contribution is -2.46. The Hall–Kier alpha value is -1.59. The largest absolute Gasteiger partial charge is 0.480 e. The number of furan rings is 1. The number of hydrogen-bond acceptors (Lipinski definition) is 3. The summed E-state index contributed by atoms with van der Waals surface area (Å²) in [4.78, 5) is 11.0. The molecule has 0 amide bonds. The van der Waals surface area contributed by atoms with E-state index >= 15 is 0 Å². The molecule has 0 spiro atoms. The number of rotatable bonds is 5. The van der Waals surface area contributed by atoms with Gasteiger partial charge in [-0.1, -0.05) is 28.1 Å². The number of nitrogens with one attached hydrogen (secondary N) is 1. The SMILES string of the molecule is CC(C)(NCc1ccc(-c2ccc(Br)cc2)o1)C(=O)O. The minimum absolute atomic E-state index is 0.371. The van der Waals surface area contributed by atoms with Crippen LogP contribution < -0.4 is 5.32 Å². The maximum atomic E-state index is 11.0. The molecule has 0 saturated heterocycles. The lowest BCUT2D eigenvalue weighted by molar-refractivity contribution is -0.143. The van der Waals surface area contributed by atoms with E-state index < -0.39 is 11.5 Å². The summed E-state index contributed by atoms with van der Waals surface area (Å²) in [5, 5.41) is 12.0. The second-order valence-corrected chi connectivity index (χ2v) is 5.97. The fourth-order valence-electron chi connectivity index (χ4n) is 1.63. The smallest absolute Gasteiger partial charge is 0.323 e. The summed E-state index contributed by atoms with van der Waals surface area (Å²) >= 11 is 3.39. The summed E-state index contributed by atoms with van der Waals surface area (Å²) in [6, 6.07) is 11.5. The summed E-state index contributed by atoms with van der Waals surface area (Å²) < 4.78 is 6.73. The molecule has 1 heterocycles. The number of hydrogen-bond donors (Lipinski definition) is 2. The first-order valence-corrected chi connectivity index (χ1v) is 7.01. The van der Waals surface area contributed by atoms with Crippen molar-refractivity contribution in [2.45, 2.75) is 25.9 Å². The standard InChI is InChI=1S/C15H16BrNO3/c1-15(2,14(18)19)17-9-12-7-8-13(20-12)10-3-5-11(16)6-4-10/h3-8,17H,9H2,1-2H3,(H,18,19). The van der Waals surface area contributed by atoms with Gasteiger partial charge in [0.25, 0.3) is 0 Å². The Kier molecular flexibility index (Phi) is 4.30. The highest BCUT2D eigenvalue weighted by Gasteiger charge is 2.26. The van der Waals surface area contributed by atoms with Gasteiger partial charge in [-0.3, -0.25) is 10.1 Å². The van der Waals surface area contributed by atoms with E-state index in [-0.39, 0.29) is 0 Å². The van der Waals surface area contributed by atoms with Crippen LogP contribution in [0.25, 0.3) is 11.3 Å². The van der Waals surface area contributed by atoms with Crippen molar-refractivity contribution in [3.05, 3.63) is 46.6 Å². The predicted octanol–water partition coefficient (Wildman–Crippen LogP) is 3.66. The van der Waals surface area contributed by atoms with E-state index in [0.717, 1.165) is 15.8 Å². The van der Waals surface area contributed by atoms with Crippen molar-refractivity contribution in [1.29, 1.82) is 0 Å². The van der Waals surface area contributed by atoms with Gasteiger partial charge < -0.3 is 9.52 Å². The summed E-state index contributed by atoms with van der Waals surface area (Å²) in [7, 11) is 0. The van der Waals surface area contributed by atoms with Crippen molar-refractivity contribution in [2.75, 3.05) is 0 Å². The number of carboxylic acids is 1. The van der Waals surface area contributed by atoms with E-state index in [9.17, 15) is 4.79 Å². The van der Waals surface area contributed by atoms with E-state index in [0.29, 0.717) is 12.3 Å². The first-order chi connectivity index (χ1) is 9.38. The lowest BCUT2D eigenvalue weighted by Gasteiger charge is -2.20. The monoisotopic (exact) mass is 337 g/mol. The molecule has 0 atom stereocenters. The maximum absolute atomic E-state index is 11.0. The quantitative estimate of drug-likeness (QED) is 0.873. The molecule has 0 aliphatic carbocycles. The molecule has 2 N–H and O–H groups in total. The van der Waals surface area contributed by atoms with Crippen LogP contribution in [0.15, 0.2) is 45.3 Å². The van der Waals surface area contributed by atoms with Crippen LogP contribution in [0.4, 0.5) is 0 Å². The highest BCUT2D eigenvalue weighted by molar-refractivity contribution is 9.10. The molecule has 0 fully saturated rings. The van der Waals surface area contributed by atoms with Crippen LogP contribution in [-0.4, -0.2) is 16.6 Å². The van der Waals surface area contributed by atoms with Crippen molar-refractivity contribution in [3.63, 3.8) is 0 Å². The molecule has 5 heteroatoms. The van der Waals surface area contributed by atoms with E-state index in [1.165, 1.54) is 0 Å². The minimum Gasteiger partial charge on any atom is -0.480 e. The third-order valence-corrected chi connectivity index (χ3v) is 3.56. The molecule has 0 unspecified atom stereocenters. The average Bonchev–Trinajstić information content (AvgIpc) is 2.86. The zero-order valence-corrected chi connectivity index (χ0v) is 12.9. The van der Waals surface area contributed by atoms with Crippen LogP contribution >= 0.6 is 15.9 Å². The van der Waals surface area contributed by atoms with E-state index in [1.807, 2.05) is 36.4 Å². The van der Waals surface area contributed by atoms with Crippen molar-refractivity contribution in [1.82, 2.24) is 5.32 Å². The molecule has 2 rings (SSSR count). The topological polar surface area (TPSA) is 62.5 Å². The fraction of sp³-hybridized carbons (Fsp3) is 0.267. The molecule has 0 aliphatic heterocycles. The minimum atomic E-state index is -0.982. The Morgan fingerprint density at radius 2 is 1.90 bits per heavy atom. The molecule has 106 valence electrons. The Labute approximate surface area is 125 Å². The van der Waals surface area contributed by atoms with Gasteiger partial charge in [0.1, 0.15) is 17.1 Å². The van der Waals surface area contributed by atoms with Crippen LogP contribution in [0.3, 0.4) is 0 Å². The number of benzene rings is 1. The lowest BCUT2D eigenvalue weighted by atomic mass is 10.1. The van der Waals surface area contributed by atoms with Crippen molar-refractivity contribution in [2.24, 2.45) is 0 Å². The van der Waals surface area contributed by atoms with Crippen molar-refractivity contribution >= 4 is 21.9 Å². The molecule has 4 nitrogen and oxygen atoms in total. The maximum Gasteiger partial charge on any atom is 0.323 e. The van der Waals surface area contributed by atoms with E-state index in [4.69, 9.17) is 9.52 Å². The normalized spacial score (nSPS) is 11.6. The molecule has 0 aliphatic rings. The Morgan fingerprint density at radius 1 is 1.25 bits per heavy atom. The zero-order chi connectivity index (χ0) is 14.8. The van der Waals surface area contributed by atoms with Crippen LogP contribution in [0.1, 0.15) is 19.6 Å². The highest BCUT2D eigenvalue weighted by Crippen LogP contribution is 2.24. The second-order valence-electron chi connectivity index (χ2n) is 5.06. The number of carbonyl (C=O) groups is 1. The molecular formula is C15H16BrNO3. The molecule has 0 radical (unpaired) electrons. The van der Waals surface area contributed by atoms with Gasteiger partial charge in [0, 0.05) is 10.0 Å². The van der Waals surface area contributed by atoms with E-state index in [2.05, 4.69) is 21.2 Å². The zero-order valence-electron chi connectivity index (χ0n) is 11.3. The third-order valence-electron chi connectivity index (χ3n) is 3.03. The predicted molar refractivity (Wildman–Crippen MR) is 80.4 cm³/mol. The summed E-state index contributed by atoms with van der Waals surface area (Å²) in [6.07, 6.45) is 0.